The Morgan fingerprint density at radius 3 is 2.33 bits per heavy atom. The molecule has 0 aromatic rings. The van der Waals surface area contributed by atoms with Crippen LogP contribution in [-0.2, 0) is 15.0 Å². The average molecular weight is 276 g/mol. The van der Waals surface area contributed by atoms with Crippen LogP contribution in [0.3, 0.4) is 0 Å². The molecule has 2 rings (SSSR count). The highest BCUT2D eigenvalue weighted by atomic mass is 32.2. The summed E-state index contributed by atoms with van der Waals surface area (Å²) in [6.45, 7) is 1.01. The number of aliphatic carboxylic acids is 1. The summed E-state index contributed by atoms with van der Waals surface area (Å²) in [5, 5.41) is 8.62. The van der Waals surface area contributed by atoms with Gasteiger partial charge in [-0.15, -0.1) is 0 Å². The number of rotatable bonds is 6. The number of nitrogens with zero attached hydrogens (tertiary/aromatic N) is 1. The van der Waals surface area contributed by atoms with Gasteiger partial charge >= 0.3 is 5.97 Å². The fourth-order valence-electron chi connectivity index (χ4n) is 2.25. The van der Waals surface area contributed by atoms with Gasteiger partial charge in [0.25, 0.3) is 10.2 Å². The molecule has 0 radical (unpaired) electrons. The van der Waals surface area contributed by atoms with Gasteiger partial charge in [-0.1, -0.05) is 0 Å². The van der Waals surface area contributed by atoms with Gasteiger partial charge in [-0.05, 0) is 38.0 Å². The lowest BCUT2D eigenvalue weighted by atomic mass is 9.93. The van der Waals surface area contributed by atoms with E-state index in [4.69, 9.17) is 5.11 Å². The number of carboxylic acids is 1. The number of carboxylic acid groups (broad SMARTS) is 1. The lowest BCUT2D eigenvalue weighted by Crippen LogP contribution is -2.45. The Labute approximate surface area is 108 Å². The van der Waals surface area contributed by atoms with Crippen LogP contribution in [0.25, 0.3) is 0 Å². The van der Waals surface area contributed by atoms with E-state index in [1.54, 1.807) is 0 Å². The molecular formula is C11H20N2O4S. The molecule has 0 atom stereocenters. The van der Waals surface area contributed by atoms with E-state index in [2.05, 4.69) is 4.72 Å². The van der Waals surface area contributed by atoms with Crippen molar-refractivity contribution in [2.75, 3.05) is 13.1 Å². The summed E-state index contributed by atoms with van der Waals surface area (Å²) in [5.74, 6) is -0.436. The van der Waals surface area contributed by atoms with Gasteiger partial charge in [-0.2, -0.15) is 17.4 Å². The molecule has 6 nitrogen and oxygen atoms in total. The van der Waals surface area contributed by atoms with Crippen molar-refractivity contribution in [3.63, 3.8) is 0 Å². The Morgan fingerprint density at radius 2 is 1.83 bits per heavy atom. The van der Waals surface area contributed by atoms with E-state index < -0.39 is 16.2 Å². The number of carbonyl (C=O) groups is 1. The van der Waals surface area contributed by atoms with Crippen LogP contribution in [0.2, 0.25) is 0 Å². The van der Waals surface area contributed by atoms with Crippen molar-refractivity contribution in [1.82, 2.24) is 9.03 Å². The molecule has 18 heavy (non-hydrogen) atoms. The molecule has 0 aromatic carbocycles. The van der Waals surface area contributed by atoms with Gasteiger partial charge in [-0.3, -0.25) is 4.79 Å². The van der Waals surface area contributed by atoms with Crippen molar-refractivity contribution < 1.29 is 18.3 Å². The molecule has 0 aromatic heterocycles. The standard InChI is InChI=1S/C11H20N2O4S/c14-11(15)4-1-9-5-7-13(8-6-9)18(16,17)12-10-2-3-10/h9-10,12H,1-8H2,(H,14,15). The molecule has 0 spiro atoms. The molecule has 1 aliphatic heterocycles. The Bertz CT molecular complexity index is 397. The predicted octanol–water partition coefficient (Wildman–Crippen LogP) is 0.560. The molecular weight excluding hydrogens is 256 g/mol. The van der Waals surface area contributed by atoms with Crippen LogP contribution in [0.5, 0.6) is 0 Å². The average Bonchev–Trinajstić information content (AvgIpc) is 3.10. The zero-order valence-corrected chi connectivity index (χ0v) is 11.2. The number of hydrogen-bond donors (Lipinski definition) is 2. The zero-order chi connectivity index (χ0) is 13.2. The normalized spacial score (nSPS) is 23.1. The van der Waals surface area contributed by atoms with Gasteiger partial charge in [0, 0.05) is 25.6 Å². The van der Waals surface area contributed by atoms with Crippen LogP contribution < -0.4 is 4.72 Å². The van der Waals surface area contributed by atoms with Crippen LogP contribution in [0.4, 0.5) is 0 Å². The minimum Gasteiger partial charge on any atom is -0.481 e. The maximum absolute atomic E-state index is 11.9. The Kier molecular flexibility index (Phi) is 4.24. The molecule has 0 amide bonds. The summed E-state index contributed by atoms with van der Waals surface area (Å²) in [6.07, 6.45) is 4.23. The molecule has 2 fully saturated rings. The maximum atomic E-state index is 11.9. The Hall–Kier alpha value is -0.660. The van der Waals surface area contributed by atoms with Crippen molar-refractivity contribution in [2.45, 2.75) is 44.6 Å². The minimum atomic E-state index is -3.31. The summed E-state index contributed by atoms with van der Waals surface area (Å²) in [6, 6.07) is 0.139. The third-order valence-corrected chi connectivity index (χ3v) is 5.25. The fraction of sp³-hybridized carbons (Fsp3) is 0.909. The van der Waals surface area contributed by atoms with E-state index in [0.29, 0.717) is 25.4 Å². The third kappa shape index (κ3) is 3.93. The first-order valence-electron chi connectivity index (χ1n) is 6.46. The summed E-state index contributed by atoms with van der Waals surface area (Å²) in [4.78, 5) is 10.5. The van der Waals surface area contributed by atoms with Crippen LogP contribution in [0.15, 0.2) is 0 Å². The van der Waals surface area contributed by atoms with Gasteiger partial charge in [0.2, 0.25) is 0 Å². The minimum absolute atomic E-state index is 0.139. The van der Waals surface area contributed by atoms with E-state index in [-0.39, 0.29) is 12.5 Å². The monoisotopic (exact) mass is 276 g/mol. The molecule has 2 N–H and O–H groups in total. The second-order valence-electron chi connectivity index (χ2n) is 5.17. The molecule has 0 unspecified atom stereocenters. The largest absolute Gasteiger partial charge is 0.481 e. The number of nitrogens with one attached hydrogen (secondary N) is 1. The number of hydrogen-bond acceptors (Lipinski definition) is 3. The second-order valence-corrected chi connectivity index (χ2v) is 6.87. The van der Waals surface area contributed by atoms with E-state index in [9.17, 15) is 13.2 Å². The van der Waals surface area contributed by atoms with Gasteiger partial charge in [0.15, 0.2) is 0 Å². The highest BCUT2D eigenvalue weighted by Crippen LogP contribution is 2.25. The summed E-state index contributed by atoms with van der Waals surface area (Å²) in [5.41, 5.74) is 0. The van der Waals surface area contributed by atoms with Crippen molar-refractivity contribution in [2.24, 2.45) is 5.92 Å². The highest BCUT2D eigenvalue weighted by Gasteiger charge is 2.33. The molecule has 1 heterocycles. The lowest BCUT2D eigenvalue weighted by Gasteiger charge is -2.31. The summed E-state index contributed by atoms with van der Waals surface area (Å²) < 4.78 is 28.0. The van der Waals surface area contributed by atoms with E-state index in [0.717, 1.165) is 25.7 Å². The molecule has 1 saturated carbocycles. The predicted molar refractivity (Wildman–Crippen MR) is 66.2 cm³/mol. The highest BCUT2D eigenvalue weighted by molar-refractivity contribution is 7.87. The van der Waals surface area contributed by atoms with Gasteiger partial charge in [0.05, 0.1) is 0 Å². The topological polar surface area (TPSA) is 86.7 Å². The van der Waals surface area contributed by atoms with Gasteiger partial charge in [0.1, 0.15) is 0 Å². The first-order chi connectivity index (χ1) is 8.47. The van der Waals surface area contributed by atoms with Gasteiger partial charge < -0.3 is 5.11 Å². The van der Waals surface area contributed by atoms with Crippen LogP contribution in [0.1, 0.15) is 38.5 Å². The van der Waals surface area contributed by atoms with Crippen LogP contribution in [0, 0.1) is 5.92 Å². The number of piperidine rings is 1. The van der Waals surface area contributed by atoms with Gasteiger partial charge in [-0.25, -0.2) is 0 Å². The molecule has 7 heteroatoms. The molecule has 2 aliphatic rings. The van der Waals surface area contributed by atoms with Crippen molar-refractivity contribution in [1.29, 1.82) is 0 Å². The summed E-state index contributed by atoms with van der Waals surface area (Å²) >= 11 is 0. The Balaban J connectivity index is 1.76. The Morgan fingerprint density at radius 1 is 1.22 bits per heavy atom. The van der Waals surface area contributed by atoms with E-state index in [1.807, 2.05) is 0 Å². The van der Waals surface area contributed by atoms with Crippen molar-refractivity contribution in [3.8, 4) is 0 Å². The lowest BCUT2D eigenvalue weighted by molar-refractivity contribution is -0.137. The fourth-order valence-corrected chi connectivity index (χ4v) is 3.75. The summed E-state index contributed by atoms with van der Waals surface area (Å²) in [7, 11) is -3.31. The quantitative estimate of drug-likeness (QED) is 0.742. The first-order valence-corrected chi connectivity index (χ1v) is 7.90. The SMILES string of the molecule is O=C(O)CCC1CCN(S(=O)(=O)NC2CC2)CC1. The van der Waals surface area contributed by atoms with Crippen LogP contribution in [-0.4, -0.2) is 42.9 Å². The molecule has 1 saturated heterocycles. The maximum Gasteiger partial charge on any atom is 0.303 e. The van der Waals surface area contributed by atoms with E-state index >= 15 is 0 Å². The molecule has 0 bridgehead atoms. The van der Waals surface area contributed by atoms with Crippen molar-refractivity contribution >= 4 is 16.2 Å². The molecule has 104 valence electrons. The third-order valence-electron chi connectivity index (χ3n) is 3.57. The second kappa shape index (κ2) is 5.54. The zero-order valence-electron chi connectivity index (χ0n) is 10.3. The van der Waals surface area contributed by atoms with Crippen molar-refractivity contribution in [3.05, 3.63) is 0 Å². The smallest absolute Gasteiger partial charge is 0.303 e. The van der Waals surface area contributed by atoms with E-state index in [1.165, 1.54) is 4.31 Å². The first kappa shape index (κ1) is 13.8. The van der Waals surface area contributed by atoms with Crippen LogP contribution >= 0.6 is 0 Å². The molecule has 1 aliphatic carbocycles.